The van der Waals surface area contributed by atoms with Crippen LogP contribution in [-0.2, 0) is 0 Å². The zero-order valence-corrected chi connectivity index (χ0v) is 12.9. The molecule has 0 aliphatic carbocycles. The number of rotatable bonds is 3. The molecule has 17 heavy (non-hydrogen) atoms. The molecule has 1 unspecified atom stereocenters. The summed E-state index contributed by atoms with van der Waals surface area (Å²) < 4.78 is 1.13. The van der Waals surface area contributed by atoms with Crippen LogP contribution >= 0.6 is 50.5 Å². The number of hydrogen-bond donors (Lipinski definition) is 1. The van der Waals surface area contributed by atoms with Crippen LogP contribution in [0.15, 0.2) is 34.1 Å². The summed E-state index contributed by atoms with van der Waals surface area (Å²) in [5, 5.41) is 6.59. The van der Waals surface area contributed by atoms with Gasteiger partial charge in [0.15, 0.2) is 0 Å². The quantitative estimate of drug-likeness (QED) is 0.716. The molecule has 5 heteroatoms. The highest BCUT2D eigenvalue weighted by molar-refractivity contribution is 9.10. The minimum atomic E-state index is 0.224. The summed E-state index contributed by atoms with van der Waals surface area (Å²) in [6.45, 7) is 2.11. The normalized spacial score (nSPS) is 12.5. The van der Waals surface area contributed by atoms with E-state index < -0.39 is 0 Å². The molecule has 0 saturated carbocycles. The second-order valence-corrected chi connectivity index (χ2v) is 6.24. The molecule has 1 aromatic carbocycles. The van der Waals surface area contributed by atoms with Gasteiger partial charge in [0.25, 0.3) is 0 Å². The number of thiophene rings is 1. The molecule has 1 heterocycles. The Morgan fingerprint density at radius 3 is 2.59 bits per heavy atom. The van der Waals surface area contributed by atoms with Crippen LogP contribution in [0.3, 0.4) is 0 Å². The maximum atomic E-state index is 5.97. The van der Waals surface area contributed by atoms with Crippen molar-refractivity contribution in [1.82, 2.24) is 0 Å². The lowest BCUT2D eigenvalue weighted by molar-refractivity contribution is 0.903. The maximum absolute atomic E-state index is 5.97. The smallest absolute Gasteiger partial charge is 0.0612 e. The summed E-state index contributed by atoms with van der Waals surface area (Å²) in [4.78, 5) is 1.26. The molecular formula is C12H10BrCl2NS. The monoisotopic (exact) mass is 349 g/mol. The molecule has 2 rings (SSSR count). The van der Waals surface area contributed by atoms with E-state index in [1.807, 2.05) is 18.2 Å². The molecule has 1 N–H and O–H groups in total. The number of anilines is 1. The van der Waals surface area contributed by atoms with Crippen LogP contribution in [0.1, 0.15) is 17.8 Å². The molecule has 0 bridgehead atoms. The first kappa shape index (κ1) is 13.2. The molecule has 1 aromatic heterocycles. The first-order chi connectivity index (χ1) is 8.08. The molecule has 0 saturated heterocycles. The Kier molecular flexibility index (Phi) is 4.36. The number of hydrogen-bond acceptors (Lipinski definition) is 2. The van der Waals surface area contributed by atoms with Crippen molar-refractivity contribution < 1.29 is 0 Å². The van der Waals surface area contributed by atoms with Gasteiger partial charge in [-0.15, -0.1) is 11.3 Å². The van der Waals surface area contributed by atoms with Crippen LogP contribution in [0.4, 0.5) is 5.69 Å². The van der Waals surface area contributed by atoms with Gasteiger partial charge in [0.2, 0.25) is 0 Å². The molecule has 2 aromatic rings. The van der Waals surface area contributed by atoms with Gasteiger partial charge in [-0.1, -0.05) is 23.2 Å². The van der Waals surface area contributed by atoms with Crippen molar-refractivity contribution in [3.63, 3.8) is 0 Å². The third-order valence-electron chi connectivity index (χ3n) is 2.34. The Morgan fingerprint density at radius 1 is 1.24 bits per heavy atom. The zero-order valence-electron chi connectivity index (χ0n) is 9.01. The molecule has 0 spiro atoms. The fourth-order valence-corrected chi connectivity index (χ4v) is 3.54. The van der Waals surface area contributed by atoms with Crippen molar-refractivity contribution in [2.75, 3.05) is 5.32 Å². The topological polar surface area (TPSA) is 12.0 Å². The van der Waals surface area contributed by atoms with E-state index in [0.717, 1.165) is 10.2 Å². The Hall–Kier alpha value is -0.220. The second kappa shape index (κ2) is 5.61. The van der Waals surface area contributed by atoms with Crippen LogP contribution < -0.4 is 5.32 Å². The Bertz CT molecular complexity index is 527. The number of halogens is 3. The van der Waals surface area contributed by atoms with E-state index in [-0.39, 0.29) is 6.04 Å². The van der Waals surface area contributed by atoms with Gasteiger partial charge in [0.1, 0.15) is 0 Å². The average Bonchev–Trinajstić information content (AvgIpc) is 2.70. The summed E-state index contributed by atoms with van der Waals surface area (Å²) in [6, 6.07) is 7.82. The number of benzene rings is 1. The lowest BCUT2D eigenvalue weighted by Gasteiger charge is -2.15. The van der Waals surface area contributed by atoms with Gasteiger partial charge in [0, 0.05) is 15.0 Å². The first-order valence-corrected chi connectivity index (χ1v) is 7.45. The van der Waals surface area contributed by atoms with Gasteiger partial charge in [0.05, 0.1) is 16.1 Å². The summed E-state index contributed by atoms with van der Waals surface area (Å²) in [7, 11) is 0. The molecule has 1 nitrogen and oxygen atoms in total. The highest BCUT2D eigenvalue weighted by atomic mass is 79.9. The highest BCUT2D eigenvalue weighted by Gasteiger charge is 2.11. The molecule has 90 valence electrons. The summed E-state index contributed by atoms with van der Waals surface area (Å²) in [5.74, 6) is 0. The van der Waals surface area contributed by atoms with Crippen molar-refractivity contribution >= 4 is 56.2 Å². The largest absolute Gasteiger partial charge is 0.378 e. The van der Waals surface area contributed by atoms with Crippen molar-refractivity contribution in [3.8, 4) is 0 Å². The summed E-state index contributed by atoms with van der Waals surface area (Å²) >= 11 is 17.1. The van der Waals surface area contributed by atoms with Gasteiger partial charge < -0.3 is 5.32 Å². The van der Waals surface area contributed by atoms with E-state index in [1.54, 1.807) is 17.4 Å². The van der Waals surface area contributed by atoms with Crippen LogP contribution in [0.2, 0.25) is 10.0 Å². The van der Waals surface area contributed by atoms with Crippen LogP contribution in [0.25, 0.3) is 0 Å². The third-order valence-corrected chi connectivity index (χ3v) is 5.13. The molecule has 0 aliphatic rings. The van der Waals surface area contributed by atoms with E-state index in [0.29, 0.717) is 10.0 Å². The van der Waals surface area contributed by atoms with Crippen molar-refractivity contribution in [3.05, 3.63) is 49.0 Å². The average molecular weight is 351 g/mol. The second-order valence-electron chi connectivity index (χ2n) is 3.63. The molecule has 0 amide bonds. The van der Waals surface area contributed by atoms with Gasteiger partial charge in [-0.25, -0.2) is 0 Å². The standard InChI is InChI=1S/C12H10BrCl2NS/c1-7(12-9(13)4-5-17-12)16-8-2-3-10(14)11(15)6-8/h2-7,16H,1H3. The SMILES string of the molecule is CC(Nc1ccc(Cl)c(Cl)c1)c1sccc1Br. The number of nitrogens with one attached hydrogen (secondary N) is 1. The molecule has 0 radical (unpaired) electrons. The molecular weight excluding hydrogens is 341 g/mol. The van der Waals surface area contributed by atoms with Crippen LogP contribution in [-0.4, -0.2) is 0 Å². The fraction of sp³-hybridized carbons (Fsp3) is 0.167. The predicted molar refractivity (Wildman–Crippen MR) is 80.5 cm³/mol. The van der Waals surface area contributed by atoms with E-state index in [1.165, 1.54) is 4.88 Å². The minimum Gasteiger partial charge on any atom is -0.378 e. The zero-order chi connectivity index (χ0) is 12.4. The van der Waals surface area contributed by atoms with E-state index in [4.69, 9.17) is 23.2 Å². The fourth-order valence-electron chi connectivity index (χ4n) is 1.52. The first-order valence-electron chi connectivity index (χ1n) is 5.02. The van der Waals surface area contributed by atoms with E-state index in [9.17, 15) is 0 Å². The van der Waals surface area contributed by atoms with Crippen molar-refractivity contribution in [1.29, 1.82) is 0 Å². The molecule has 0 aliphatic heterocycles. The summed E-state index contributed by atoms with van der Waals surface area (Å²) in [6.07, 6.45) is 0. The van der Waals surface area contributed by atoms with Crippen molar-refractivity contribution in [2.24, 2.45) is 0 Å². The summed E-state index contributed by atoms with van der Waals surface area (Å²) in [5.41, 5.74) is 0.965. The van der Waals surface area contributed by atoms with Gasteiger partial charge in [-0.2, -0.15) is 0 Å². The lowest BCUT2D eigenvalue weighted by atomic mass is 10.2. The minimum absolute atomic E-state index is 0.224. The molecule has 1 atom stereocenters. The Balaban J connectivity index is 2.16. The molecule has 0 fully saturated rings. The van der Waals surface area contributed by atoms with Gasteiger partial charge >= 0.3 is 0 Å². The highest BCUT2D eigenvalue weighted by Crippen LogP contribution is 2.32. The van der Waals surface area contributed by atoms with E-state index in [2.05, 4.69) is 33.6 Å². The van der Waals surface area contributed by atoms with Crippen LogP contribution in [0.5, 0.6) is 0 Å². The van der Waals surface area contributed by atoms with E-state index >= 15 is 0 Å². The van der Waals surface area contributed by atoms with Gasteiger partial charge in [-0.3, -0.25) is 0 Å². The Morgan fingerprint density at radius 2 is 2.00 bits per heavy atom. The third kappa shape index (κ3) is 3.16. The van der Waals surface area contributed by atoms with Crippen molar-refractivity contribution in [2.45, 2.75) is 13.0 Å². The van der Waals surface area contributed by atoms with Gasteiger partial charge in [-0.05, 0) is 52.5 Å². The van der Waals surface area contributed by atoms with Crippen LogP contribution in [0, 0.1) is 0 Å². The Labute approximate surface area is 123 Å². The lowest BCUT2D eigenvalue weighted by Crippen LogP contribution is -2.05. The predicted octanol–water partition coefficient (Wildman–Crippen LogP) is 5.99. The maximum Gasteiger partial charge on any atom is 0.0612 e.